The zero-order valence-electron chi connectivity index (χ0n) is 13.5. The van der Waals surface area contributed by atoms with Crippen LogP contribution in [0.2, 0.25) is 0 Å². The lowest BCUT2D eigenvalue weighted by molar-refractivity contribution is -0.384. The van der Waals surface area contributed by atoms with Crippen LogP contribution in [0.25, 0.3) is 0 Å². The minimum atomic E-state index is -0.459. The quantitative estimate of drug-likeness (QED) is 0.526. The molecule has 0 aliphatic heterocycles. The van der Waals surface area contributed by atoms with Gasteiger partial charge in [-0.1, -0.05) is 29.8 Å². The Morgan fingerprint density at radius 1 is 1.20 bits per heavy atom. The number of nitrogens with one attached hydrogen (secondary N) is 1. The second-order valence-electron chi connectivity index (χ2n) is 5.57. The molecule has 0 aliphatic carbocycles. The van der Waals surface area contributed by atoms with Crippen molar-refractivity contribution in [3.8, 4) is 5.75 Å². The summed E-state index contributed by atoms with van der Waals surface area (Å²) in [4.78, 5) is 14.5. The van der Waals surface area contributed by atoms with Gasteiger partial charge in [-0.05, 0) is 24.6 Å². The second kappa shape index (κ2) is 7.10. The molecule has 3 rings (SSSR count). The summed E-state index contributed by atoms with van der Waals surface area (Å²) in [5, 5.41) is 17.6. The number of ether oxygens (including phenoxy) is 1. The van der Waals surface area contributed by atoms with Crippen molar-refractivity contribution in [2.75, 3.05) is 0 Å². The fourth-order valence-electron chi connectivity index (χ4n) is 2.25. The number of hydrogen-bond acceptors (Lipinski definition) is 6. The van der Waals surface area contributed by atoms with Crippen molar-refractivity contribution in [1.82, 2.24) is 15.2 Å². The van der Waals surface area contributed by atoms with E-state index < -0.39 is 11.0 Å². The van der Waals surface area contributed by atoms with Crippen LogP contribution in [0.5, 0.6) is 5.75 Å². The third kappa shape index (κ3) is 3.99. The van der Waals surface area contributed by atoms with E-state index in [0.717, 1.165) is 11.1 Å². The van der Waals surface area contributed by atoms with E-state index in [1.807, 2.05) is 31.2 Å². The number of rotatable bonds is 6. The van der Waals surface area contributed by atoms with E-state index >= 15 is 0 Å². The molecule has 0 unspecified atom stereocenters. The van der Waals surface area contributed by atoms with E-state index in [-0.39, 0.29) is 12.3 Å². The van der Waals surface area contributed by atoms with Gasteiger partial charge >= 0.3 is 0 Å². The highest BCUT2D eigenvalue weighted by Crippen LogP contribution is 2.19. The smallest absolute Gasteiger partial charge is 0.269 e. The molecule has 1 atom stereocenters. The number of hydrogen-bond donors (Lipinski definition) is 2. The molecule has 0 bridgehead atoms. The highest BCUT2D eigenvalue weighted by molar-refractivity contribution is 5.36. The van der Waals surface area contributed by atoms with Crippen LogP contribution in [-0.4, -0.2) is 20.1 Å². The largest absolute Gasteiger partial charge is 0.486 e. The van der Waals surface area contributed by atoms with Gasteiger partial charge in [0, 0.05) is 12.1 Å². The van der Waals surface area contributed by atoms with Crippen molar-refractivity contribution in [1.29, 1.82) is 0 Å². The first kappa shape index (κ1) is 16.6. The Bertz CT molecular complexity index is 859. The van der Waals surface area contributed by atoms with Gasteiger partial charge < -0.3 is 10.5 Å². The van der Waals surface area contributed by atoms with Crippen molar-refractivity contribution in [2.45, 2.75) is 19.6 Å². The van der Waals surface area contributed by atoms with E-state index in [0.29, 0.717) is 17.4 Å². The monoisotopic (exact) mass is 339 g/mol. The maximum absolute atomic E-state index is 10.6. The van der Waals surface area contributed by atoms with Crippen LogP contribution in [0.1, 0.15) is 28.8 Å². The molecule has 0 saturated carbocycles. The average Bonchev–Trinajstić information content (AvgIpc) is 3.09. The number of nitro groups is 1. The molecule has 1 heterocycles. The summed E-state index contributed by atoms with van der Waals surface area (Å²) in [6.45, 7) is 2.17. The van der Waals surface area contributed by atoms with Crippen molar-refractivity contribution >= 4 is 5.69 Å². The number of aromatic amines is 1. The SMILES string of the molecule is Cc1ccc([C@H](N)c2n[nH]c(COc3ccc([N+](=O)[O-])cc3)n2)cc1. The predicted octanol–water partition coefficient (Wildman–Crippen LogP) is 2.65. The average molecular weight is 339 g/mol. The minimum absolute atomic E-state index is 0.0124. The molecule has 0 amide bonds. The maximum Gasteiger partial charge on any atom is 0.269 e. The normalized spacial score (nSPS) is 11.9. The van der Waals surface area contributed by atoms with Crippen LogP contribution >= 0.6 is 0 Å². The van der Waals surface area contributed by atoms with Gasteiger partial charge in [-0.3, -0.25) is 15.2 Å². The van der Waals surface area contributed by atoms with Crippen LogP contribution < -0.4 is 10.5 Å². The van der Waals surface area contributed by atoms with E-state index in [4.69, 9.17) is 10.5 Å². The number of non-ortho nitro benzene ring substituents is 1. The van der Waals surface area contributed by atoms with Gasteiger partial charge in [-0.25, -0.2) is 4.98 Å². The topological polar surface area (TPSA) is 120 Å². The van der Waals surface area contributed by atoms with E-state index in [2.05, 4.69) is 15.2 Å². The van der Waals surface area contributed by atoms with Gasteiger partial charge in [0.05, 0.1) is 11.0 Å². The third-order valence-electron chi connectivity index (χ3n) is 3.69. The number of nitrogens with zero attached hydrogens (tertiary/aromatic N) is 3. The number of H-pyrrole nitrogens is 1. The molecular weight excluding hydrogens is 322 g/mol. The summed E-state index contributed by atoms with van der Waals surface area (Å²) in [7, 11) is 0. The van der Waals surface area contributed by atoms with Crippen LogP contribution in [0.3, 0.4) is 0 Å². The number of benzene rings is 2. The zero-order chi connectivity index (χ0) is 17.8. The summed E-state index contributed by atoms with van der Waals surface area (Å²) in [6.07, 6.45) is 0. The molecule has 0 saturated heterocycles. The lowest BCUT2D eigenvalue weighted by Crippen LogP contribution is -2.13. The second-order valence-corrected chi connectivity index (χ2v) is 5.57. The summed E-state index contributed by atoms with van der Waals surface area (Å²) in [5.41, 5.74) is 8.27. The number of aryl methyl sites for hydroxylation is 1. The highest BCUT2D eigenvalue weighted by atomic mass is 16.6. The third-order valence-corrected chi connectivity index (χ3v) is 3.69. The molecule has 0 radical (unpaired) electrons. The Balaban J connectivity index is 1.63. The Morgan fingerprint density at radius 2 is 1.88 bits per heavy atom. The molecule has 2 aromatic carbocycles. The molecule has 0 fully saturated rings. The highest BCUT2D eigenvalue weighted by Gasteiger charge is 2.14. The van der Waals surface area contributed by atoms with Crippen LogP contribution in [0.4, 0.5) is 5.69 Å². The summed E-state index contributed by atoms with van der Waals surface area (Å²) in [6, 6.07) is 13.3. The van der Waals surface area contributed by atoms with Crippen LogP contribution in [0.15, 0.2) is 48.5 Å². The standard InChI is InChI=1S/C17H17N5O3/c1-11-2-4-12(5-3-11)16(18)17-19-15(20-21-17)10-25-14-8-6-13(7-9-14)22(23)24/h2-9,16H,10,18H2,1H3,(H,19,20,21)/t16-/m0/s1. The zero-order valence-corrected chi connectivity index (χ0v) is 13.5. The lowest BCUT2D eigenvalue weighted by atomic mass is 10.1. The van der Waals surface area contributed by atoms with E-state index in [1.54, 1.807) is 0 Å². The van der Waals surface area contributed by atoms with Crippen LogP contribution in [0, 0.1) is 17.0 Å². The molecule has 0 aliphatic rings. The first-order valence-corrected chi connectivity index (χ1v) is 7.63. The van der Waals surface area contributed by atoms with E-state index in [1.165, 1.54) is 24.3 Å². The Kier molecular flexibility index (Phi) is 4.71. The Hall–Kier alpha value is -3.26. The Labute approximate surface area is 143 Å². The molecule has 8 heteroatoms. The summed E-state index contributed by atoms with van der Waals surface area (Å²) < 4.78 is 5.54. The molecule has 3 N–H and O–H groups in total. The molecule has 3 aromatic rings. The first-order valence-electron chi connectivity index (χ1n) is 7.63. The fraction of sp³-hybridized carbons (Fsp3) is 0.176. The number of nitro benzene ring substituents is 1. The molecule has 8 nitrogen and oxygen atoms in total. The van der Waals surface area contributed by atoms with Crippen molar-refractivity contribution < 1.29 is 9.66 Å². The number of aromatic nitrogens is 3. The van der Waals surface area contributed by atoms with E-state index in [9.17, 15) is 10.1 Å². The summed E-state index contributed by atoms with van der Waals surface area (Å²) >= 11 is 0. The van der Waals surface area contributed by atoms with Crippen molar-refractivity contribution in [2.24, 2.45) is 5.73 Å². The van der Waals surface area contributed by atoms with Gasteiger partial charge in [0.1, 0.15) is 12.4 Å². The van der Waals surface area contributed by atoms with Crippen molar-refractivity contribution in [3.05, 3.63) is 81.4 Å². The maximum atomic E-state index is 10.6. The fourth-order valence-corrected chi connectivity index (χ4v) is 2.25. The van der Waals surface area contributed by atoms with Crippen LogP contribution in [-0.2, 0) is 6.61 Å². The first-order chi connectivity index (χ1) is 12.0. The van der Waals surface area contributed by atoms with Gasteiger partial charge in [0.2, 0.25) is 0 Å². The molecule has 0 spiro atoms. The lowest BCUT2D eigenvalue weighted by Gasteiger charge is -2.08. The predicted molar refractivity (Wildman–Crippen MR) is 91.0 cm³/mol. The number of nitrogens with two attached hydrogens (primary N) is 1. The van der Waals surface area contributed by atoms with Gasteiger partial charge in [-0.15, -0.1) is 0 Å². The summed E-state index contributed by atoms with van der Waals surface area (Å²) in [5.74, 6) is 1.51. The molecule has 1 aromatic heterocycles. The van der Waals surface area contributed by atoms with Gasteiger partial charge in [0.25, 0.3) is 5.69 Å². The minimum Gasteiger partial charge on any atom is -0.486 e. The Morgan fingerprint density at radius 3 is 2.52 bits per heavy atom. The van der Waals surface area contributed by atoms with Gasteiger partial charge in [0.15, 0.2) is 11.6 Å². The molecular formula is C17H17N5O3. The van der Waals surface area contributed by atoms with Gasteiger partial charge in [-0.2, -0.15) is 5.10 Å². The van der Waals surface area contributed by atoms with Crippen molar-refractivity contribution in [3.63, 3.8) is 0 Å². The molecule has 128 valence electrons. The molecule has 25 heavy (non-hydrogen) atoms.